The first-order valence-corrected chi connectivity index (χ1v) is 21.2. The normalized spacial score (nSPS) is 24.1. The standard InChI is InChI=1S/C38H56N2O4SSi/c1-27-22-34(42-5)20-21-35(27)29-14-12-28(13-15-29)24-40(32-11-9-10-31(23-32)36-25-39(43-6)26-45-36)37(41)30-16-18-33(19-17-30)44-46(7,8)38(2,3)4/h9-11,20-23,25,28-30,33H,12-19,24,26H2,1-8H3. The Morgan fingerprint density at radius 1 is 0.978 bits per heavy atom. The molecule has 0 atom stereocenters. The van der Waals surface area contributed by atoms with E-state index in [2.05, 4.69) is 94.4 Å². The van der Waals surface area contributed by atoms with Crippen molar-refractivity contribution in [3.05, 3.63) is 65.4 Å². The Kier molecular flexibility index (Phi) is 11.3. The molecule has 2 aromatic carbocycles. The maximum absolute atomic E-state index is 14.5. The lowest BCUT2D eigenvalue weighted by Gasteiger charge is -2.41. The quantitative estimate of drug-likeness (QED) is 0.236. The zero-order chi connectivity index (χ0) is 33.1. The summed E-state index contributed by atoms with van der Waals surface area (Å²) in [5.74, 6) is 3.10. The number of aryl methyl sites for hydroxylation is 1. The minimum Gasteiger partial charge on any atom is -0.497 e. The molecule has 2 saturated carbocycles. The van der Waals surface area contributed by atoms with E-state index in [1.807, 2.05) is 5.06 Å². The highest BCUT2D eigenvalue weighted by atomic mass is 32.2. The first-order chi connectivity index (χ1) is 21.9. The maximum atomic E-state index is 14.5. The molecule has 0 N–H and O–H groups in total. The number of carbonyl (C=O) groups excluding carboxylic acids is 1. The van der Waals surface area contributed by atoms with E-state index in [-0.39, 0.29) is 17.1 Å². The molecule has 8 heteroatoms. The molecule has 1 aliphatic heterocycles. The number of ether oxygens (including phenoxy) is 1. The van der Waals surface area contributed by atoms with Gasteiger partial charge in [-0.15, -0.1) is 0 Å². The zero-order valence-corrected chi connectivity index (χ0v) is 31.3. The van der Waals surface area contributed by atoms with Crippen molar-refractivity contribution in [2.45, 2.75) is 109 Å². The molecule has 0 radical (unpaired) electrons. The lowest BCUT2D eigenvalue weighted by atomic mass is 9.77. The van der Waals surface area contributed by atoms with Crippen molar-refractivity contribution in [1.29, 1.82) is 0 Å². The molecule has 0 aromatic heterocycles. The number of nitrogens with zero attached hydrogens (tertiary/aromatic N) is 2. The Labute approximate surface area is 283 Å². The van der Waals surface area contributed by atoms with Gasteiger partial charge in [0.15, 0.2) is 8.32 Å². The summed E-state index contributed by atoms with van der Waals surface area (Å²) in [5, 5.41) is 2.04. The van der Waals surface area contributed by atoms with Crippen LogP contribution in [0.4, 0.5) is 5.69 Å². The third-order valence-electron chi connectivity index (χ3n) is 11.0. The van der Waals surface area contributed by atoms with Crippen molar-refractivity contribution >= 4 is 36.6 Å². The summed E-state index contributed by atoms with van der Waals surface area (Å²) >= 11 is 1.77. The van der Waals surface area contributed by atoms with Crippen molar-refractivity contribution in [1.82, 2.24) is 5.06 Å². The van der Waals surface area contributed by atoms with Crippen LogP contribution >= 0.6 is 11.8 Å². The number of anilines is 1. The fourth-order valence-electron chi connectivity index (χ4n) is 7.14. The number of benzene rings is 2. The first-order valence-electron chi connectivity index (χ1n) is 17.3. The molecular weight excluding hydrogens is 609 g/mol. The van der Waals surface area contributed by atoms with Crippen LogP contribution in [0.15, 0.2) is 48.7 Å². The molecule has 1 heterocycles. The Morgan fingerprint density at radius 3 is 2.30 bits per heavy atom. The average molecular weight is 665 g/mol. The smallest absolute Gasteiger partial charge is 0.230 e. The summed E-state index contributed by atoms with van der Waals surface area (Å²) in [6.07, 6.45) is 10.7. The summed E-state index contributed by atoms with van der Waals surface area (Å²) in [7, 11) is 1.60. The lowest BCUT2D eigenvalue weighted by Crippen LogP contribution is -2.46. The lowest BCUT2D eigenvalue weighted by molar-refractivity contribution is -0.124. The van der Waals surface area contributed by atoms with Gasteiger partial charge >= 0.3 is 0 Å². The Morgan fingerprint density at radius 2 is 1.70 bits per heavy atom. The number of amides is 1. The minimum absolute atomic E-state index is 0.0465. The summed E-state index contributed by atoms with van der Waals surface area (Å²) in [6, 6.07) is 15.1. The van der Waals surface area contributed by atoms with Crippen molar-refractivity contribution < 1.29 is 18.8 Å². The molecule has 1 amide bonds. The monoisotopic (exact) mass is 664 g/mol. The molecule has 0 spiro atoms. The van der Waals surface area contributed by atoms with Crippen LogP contribution in [-0.4, -0.2) is 52.0 Å². The number of hydrogen-bond acceptors (Lipinski definition) is 6. The van der Waals surface area contributed by atoms with Gasteiger partial charge < -0.3 is 14.1 Å². The average Bonchev–Trinajstić information content (AvgIpc) is 3.53. The van der Waals surface area contributed by atoms with Gasteiger partial charge in [-0.05, 0) is 129 Å². The van der Waals surface area contributed by atoms with Gasteiger partial charge in [0.1, 0.15) is 5.75 Å². The number of hydroxylamine groups is 2. The van der Waals surface area contributed by atoms with Gasteiger partial charge in [-0.2, -0.15) is 0 Å². The predicted octanol–water partition coefficient (Wildman–Crippen LogP) is 9.76. The van der Waals surface area contributed by atoms with Crippen LogP contribution in [0.1, 0.15) is 94.7 Å². The number of methoxy groups -OCH3 is 1. The van der Waals surface area contributed by atoms with Crippen LogP contribution in [0.3, 0.4) is 0 Å². The van der Waals surface area contributed by atoms with E-state index < -0.39 is 8.32 Å². The highest BCUT2D eigenvalue weighted by Gasteiger charge is 2.41. The molecule has 5 rings (SSSR count). The van der Waals surface area contributed by atoms with Gasteiger partial charge in [-0.25, -0.2) is 0 Å². The summed E-state index contributed by atoms with van der Waals surface area (Å²) in [5.41, 5.74) is 4.93. The van der Waals surface area contributed by atoms with Crippen LogP contribution in [0.25, 0.3) is 4.91 Å². The van der Waals surface area contributed by atoms with E-state index in [1.54, 1.807) is 26.0 Å². The maximum Gasteiger partial charge on any atom is 0.230 e. The SMILES string of the molecule is COc1ccc(C2CCC(CN(C(=O)C3CCC(O[Si](C)(C)C(C)(C)C)CC3)c3cccc(C4=CN(OC)CS4)c3)CC2)c(C)c1. The largest absolute Gasteiger partial charge is 0.497 e. The highest BCUT2D eigenvalue weighted by Crippen LogP contribution is 2.42. The van der Waals surface area contributed by atoms with E-state index in [1.165, 1.54) is 16.0 Å². The number of carbonyl (C=O) groups is 1. The second-order valence-electron chi connectivity index (χ2n) is 15.2. The number of hydrogen-bond donors (Lipinski definition) is 0. The fraction of sp³-hybridized carbons (Fsp3) is 0.605. The van der Waals surface area contributed by atoms with E-state index in [0.29, 0.717) is 17.7 Å². The zero-order valence-electron chi connectivity index (χ0n) is 29.4. The molecule has 0 bridgehead atoms. The highest BCUT2D eigenvalue weighted by molar-refractivity contribution is 8.08. The third kappa shape index (κ3) is 8.23. The molecule has 3 aliphatic rings. The molecule has 252 valence electrons. The molecule has 2 fully saturated rings. The second kappa shape index (κ2) is 14.9. The fourth-order valence-corrected chi connectivity index (χ4v) is 9.49. The molecule has 0 unspecified atom stereocenters. The van der Waals surface area contributed by atoms with Gasteiger partial charge in [0, 0.05) is 35.4 Å². The Hall–Kier alpha value is -2.26. The van der Waals surface area contributed by atoms with Gasteiger partial charge in [0.05, 0.1) is 20.1 Å². The van der Waals surface area contributed by atoms with Gasteiger partial charge in [-0.1, -0.05) is 50.7 Å². The topological polar surface area (TPSA) is 51.2 Å². The number of thioether (sulfide) groups is 1. The van der Waals surface area contributed by atoms with E-state index in [4.69, 9.17) is 14.0 Å². The Balaban J connectivity index is 1.30. The third-order valence-corrected chi connectivity index (χ3v) is 16.6. The molecule has 2 aliphatic carbocycles. The molecule has 2 aromatic rings. The van der Waals surface area contributed by atoms with Crippen LogP contribution in [0.5, 0.6) is 5.75 Å². The van der Waals surface area contributed by atoms with E-state index in [9.17, 15) is 4.79 Å². The minimum atomic E-state index is -1.83. The van der Waals surface area contributed by atoms with Crippen molar-refractivity contribution in [2.75, 3.05) is 31.5 Å². The van der Waals surface area contributed by atoms with Gasteiger partial charge in [-0.3, -0.25) is 14.7 Å². The van der Waals surface area contributed by atoms with Gasteiger partial charge in [0.2, 0.25) is 5.91 Å². The number of rotatable bonds is 10. The van der Waals surface area contributed by atoms with Crippen molar-refractivity contribution in [2.24, 2.45) is 11.8 Å². The molecular formula is C38H56N2O4SSi. The Bertz CT molecular complexity index is 1370. The van der Waals surface area contributed by atoms with Crippen LogP contribution in [0.2, 0.25) is 18.1 Å². The summed E-state index contributed by atoms with van der Waals surface area (Å²) in [6.45, 7) is 14.6. The van der Waals surface area contributed by atoms with Crippen LogP contribution in [-0.2, 0) is 14.1 Å². The summed E-state index contributed by atoms with van der Waals surface area (Å²) < 4.78 is 12.2. The van der Waals surface area contributed by atoms with Gasteiger partial charge in [0.25, 0.3) is 0 Å². The molecule has 46 heavy (non-hydrogen) atoms. The summed E-state index contributed by atoms with van der Waals surface area (Å²) in [4.78, 5) is 23.2. The van der Waals surface area contributed by atoms with E-state index in [0.717, 1.165) is 80.8 Å². The first kappa shape index (κ1) is 35.1. The van der Waals surface area contributed by atoms with E-state index >= 15 is 0 Å². The second-order valence-corrected chi connectivity index (χ2v) is 20.9. The van der Waals surface area contributed by atoms with Crippen LogP contribution in [0, 0.1) is 18.8 Å². The predicted molar refractivity (Wildman–Crippen MR) is 195 cm³/mol. The molecule has 0 saturated heterocycles. The van der Waals surface area contributed by atoms with Crippen LogP contribution < -0.4 is 9.64 Å². The van der Waals surface area contributed by atoms with Crippen molar-refractivity contribution in [3.8, 4) is 5.75 Å². The van der Waals surface area contributed by atoms with Crippen molar-refractivity contribution in [3.63, 3.8) is 0 Å². The molecule has 6 nitrogen and oxygen atoms in total.